The molecule has 0 radical (unpaired) electrons. The largest absolute Gasteiger partial charge is 0.402 e. The van der Waals surface area contributed by atoms with Gasteiger partial charge in [-0.15, -0.1) is 0 Å². The van der Waals surface area contributed by atoms with E-state index in [9.17, 15) is 0 Å². The molecule has 1 unspecified atom stereocenters. The van der Waals surface area contributed by atoms with E-state index in [-0.39, 0.29) is 0 Å². The molecule has 0 fully saturated rings. The van der Waals surface area contributed by atoms with E-state index in [2.05, 4.69) is 66.0 Å². The van der Waals surface area contributed by atoms with E-state index in [1.807, 2.05) is 0 Å². The Morgan fingerprint density at radius 3 is 2.73 bits per heavy atom. The van der Waals surface area contributed by atoms with Crippen LogP contribution in [0.15, 0.2) is 77.7 Å². The van der Waals surface area contributed by atoms with Gasteiger partial charge >= 0.3 is 0 Å². The van der Waals surface area contributed by atoms with Crippen LogP contribution < -0.4 is 11.1 Å². The maximum absolute atomic E-state index is 6.40. The molecule has 0 aliphatic heterocycles. The summed E-state index contributed by atoms with van der Waals surface area (Å²) in [5.41, 5.74) is 13.9. The van der Waals surface area contributed by atoms with Crippen molar-refractivity contribution in [3.63, 3.8) is 0 Å². The fraction of sp³-hybridized carbons (Fsp3) is 0.333. The van der Waals surface area contributed by atoms with Crippen molar-refractivity contribution in [2.24, 2.45) is 11.7 Å². The Kier molecular flexibility index (Phi) is 5.10. The third kappa shape index (κ3) is 3.70. The highest BCUT2D eigenvalue weighted by Gasteiger charge is 2.21. The predicted molar refractivity (Wildman–Crippen MR) is 111 cm³/mol. The minimum Gasteiger partial charge on any atom is -0.402 e. The number of nitrogens with two attached hydrogens (primary N) is 1. The number of allylic oxidation sites excluding steroid dienone is 9. The molecule has 0 saturated carbocycles. The number of hydrogen-bond acceptors (Lipinski definition) is 2. The van der Waals surface area contributed by atoms with Gasteiger partial charge in [-0.1, -0.05) is 48.6 Å². The number of hydrogen-bond donors (Lipinski definition) is 2. The summed E-state index contributed by atoms with van der Waals surface area (Å²) in [5, 5.41) is 3.62. The van der Waals surface area contributed by atoms with Crippen molar-refractivity contribution in [3.8, 4) is 0 Å². The Morgan fingerprint density at radius 2 is 1.92 bits per heavy atom. The standard InChI is InChI=1S/C24H28N2/c25-23-16-15-19(17-22(23)18-9-3-1-4-10-18)21-13-7-8-14-24(21)26-20-11-5-2-6-12-20/h3,5,7-9,11-14,17-18,26H,1-2,4,6,10,15-16,25H2. The molecule has 3 aliphatic carbocycles. The SMILES string of the molecule is NC1=C(C2C=CCCC2)C=C(c2ccccc2NC2=CCCC=C2)CC1. The van der Waals surface area contributed by atoms with Gasteiger partial charge in [-0.25, -0.2) is 0 Å². The van der Waals surface area contributed by atoms with E-state index in [4.69, 9.17) is 5.73 Å². The number of anilines is 1. The van der Waals surface area contributed by atoms with Crippen LogP contribution in [0.1, 0.15) is 50.5 Å². The molecule has 1 aromatic carbocycles. The molecule has 2 heteroatoms. The van der Waals surface area contributed by atoms with E-state index in [1.165, 1.54) is 47.4 Å². The number of nitrogens with one attached hydrogen (secondary N) is 1. The first kappa shape index (κ1) is 17.0. The molecule has 0 bridgehead atoms. The van der Waals surface area contributed by atoms with Crippen molar-refractivity contribution in [2.75, 3.05) is 5.32 Å². The molecule has 1 aromatic rings. The van der Waals surface area contributed by atoms with E-state index in [0.717, 1.165) is 31.4 Å². The Labute approximate surface area is 156 Å². The van der Waals surface area contributed by atoms with Gasteiger partial charge in [0.1, 0.15) is 0 Å². The smallest absolute Gasteiger partial charge is 0.0460 e. The Bertz CT molecular complexity index is 820. The molecule has 0 spiro atoms. The molecule has 26 heavy (non-hydrogen) atoms. The average Bonchev–Trinajstić information content (AvgIpc) is 2.70. The summed E-state index contributed by atoms with van der Waals surface area (Å²) in [6.07, 6.45) is 21.6. The summed E-state index contributed by atoms with van der Waals surface area (Å²) in [6.45, 7) is 0. The van der Waals surface area contributed by atoms with Gasteiger partial charge in [0.25, 0.3) is 0 Å². The maximum Gasteiger partial charge on any atom is 0.0460 e. The van der Waals surface area contributed by atoms with Crippen molar-refractivity contribution in [2.45, 2.75) is 44.9 Å². The molecule has 3 N–H and O–H groups in total. The molecular weight excluding hydrogens is 316 g/mol. The lowest BCUT2D eigenvalue weighted by Gasteiger charge is -2.26. The summed E-state index contributed by atoms with van der Waals surface area (Å²) < 4.78 is 0. The topological polar surface area (TPSA) is 38.0 Å². The lowest BCUT2D eigenvalue weighted by atomic mass is 9.81. The van der Waals surface area contributed by atoms with Crippen LogP contribution in [0.4, 0.5) is 5.69 Å². The lowest BCUT2D eigenvalue weighted by molar-refractivity contribution is 0.604. The van der Waals surface area contributed by atoms with Crippen molar-refractivity contribution in [1.29, 1.82) is 0 Å². The van der Waals surface area contributed by atoms with E-state index in [1.54, 1.807) is 0 Å². The minimum atomic E-state index is 0.489. The van der Waals surface area contributed by atoms with Crippen molar-refractivity contribution < 1.29 is 0 Å². The van der Waals surface area contributed by atoms with Crippen molar-refractivity contribution in [1.82, 2.24) is 0 Å². The van der Waals surface area contributed by atoms with Gasteiger partial charge in [0.05, 0.1) is 0 Å². The molecular formula is C24H28N2. The highest BCUT2D eigenvalue weighted by molar-refractivity contribution is 5.80. The van der Waals surface area contributed by atoms with Crippen LogP contribution in [0.2, 0.25) is 0 Å². The minimum absolute atomic E-state index is 0.489. The Hall–Kier alpha value is -2.48. The first-order valence-electron chi connectivity index (χ1n) is 9.90. The second-order valence-corrected chi connectivity index (χ2v) is 7.43. The van der Waals surface area contributed by atoms with Gasteiger partial charge in [-0.05, 0) is 68.2 Å². The third-order valence-electron chi connectivity index (χ3n) is 5.56. The maximum atomic E-state index is 6.40. The highest BCUT2D eigenvalue weighted by Crippen LogP contribution is 2.38. The molecule has 0 amide bonds. The van der Waals surface area contributed by atoms with Crippen LogP contribution in [0.3, 0.4) is 0 Å². The summed E-state index contributed by atoms with van der Waals surface area (Å²) in [5.74, 6) is 0.489. The molecule has 4 rings (SSSR count). The van der Waals surface area contributed by atoms with Gasteiger partial charge in [-0.3, -0.25) is 0 Å². The first-order valence-corrected chi connectivity index (χ1v) is 9.90. The van der Waals surface area contributed by atoms with Gasteiger partial charge in [0.2, 0.25) is 0 Å². The van der Waals surface area contributed by atoms with Crippen LogP contribution in [0.5, 0.6) is 0 Å². The molecule has 134 valence electrons. The fourth-order valence-electron chi connectivity index (χ4n) is 4.13. The normalized spacial score (nSPS) is 22.8. The van der Waals surface area contributed by atoms with Crippen LogP contribution >= 0.6 is 0 Å². The average molecular weight is 345 g/mol. The first-order chi connectivity index (χ1) is 12.8. The zero-order chi connectivity index (χ0) is 17.8. The fourth-order valence-corrected chi connectivity index (χ4v) is 4.13. The van der Waals surface area contributed by atoms with Crippen LogP contribution in [0.25, 0.3) is 5.57 Å². The summed E-state index contributed by atoms with van der Waals surface area (Å²) in [4.78, 5) is 0. The predicted octanol–water partition coefficient (Wildman–Crippen LogP) is 6.08. The third-order valence-corrected chi connectivity index (χ3v) is 5.56. The quantitative estimate of drug-likeness (QED) is 0.650. The van der Waals surface area contributed by atoms with E-state index in [0.29, 0.717) is 5.92 Å². The summed E-state index contributed by atoms with van der Waals surface area (Å²) in [7, 11) is 0. The highest BCUT2D eigenvalue weighted by atomic mass is 14.9. The second kappa shape index (κ2) is 7.82. The van der Waals surface area contributed by atoms with Gasteiger partial charge in [0.15, 0.2) is 0 Å². The summed E-state index contributed by atoms with van der Waals surface area (Å²) >= 11 is 0. The molecule has 3 aliphatic rings. The van der Waals surface area contributed by atoms with Crippen LogP contribution in [-0.2, 0) is 0 Å². The van der Waals surface area contributed by atoms with E-state index < -0.39 is 0 Å². The van der Waals surface area contributed by atoms with Gasteiger partial charge in [-0.2, -0.15) is 0 Å². The second-order valence-electron chi connectivity index (χ2n) is 7.43. The van der Waals surface area contributed by atoms with Gasteiger partial charge in [0, 0.05) is 28.6 Å². The van der Waals surface area contributed by atoms with Crippen molar-refractivity contribution in [3.05, 3.63) is 83.3 Å². The van der Waals surface area contributed by atoms with Crippen molar-refractivity contribution >= 4 is 11.3 Å². The Morgan fingerprint density at radius 1 is 1.00 bits per heavy atom. The zero-order valence-electron chi connectivity index (χ0n) is 15.4. The number of para-hydroxylation sites is 1. The number of benzene rings is 1. The molecule has 0 saturated heterocycles. The summed E-state index contributed by atoms with van der Waals surface area (Å²) in [6, 6.07) is 8.66. The molecule has 1 atom stereocenters. The molecule has 2 nitrogen and oxygen atoms in total. The number of rotatable bonds is 4. The van der Waals surface area contributed by atoms with Gasteiger partial charge < -0.3 is 11.1 Å². The van der Waals surface area contributed by atoms with Crippen LogP contribution in [-0.4, -0.2) is 0 Å². The molecule has 0 heterocycles. The zero-order valence-corrected chi connectivity index (χ0v) is 15.4. The monoisotopic (exact) mass is 344 g/mol. The Balaban J connectivity index is 1.64. The lowest BCUT2D eigenvalue weighted by Crippen LogP contribution is -2.14. The molecule has 0 aromatic heterocycles. The van der Waals surface area contributed by atoms with E-state index >= 15 is 0 Å². The van der Waals surface area contributed by atoms with Crippen LogP contribution in [0, 0.1) is 5.92 Å².